The van der Waals surface area contributed by atoms with Crippen molar-refractivity contribution in [2.24, 2.45) is 0 Å². The van der Waals surface area contributed by atoms with Crippen LogP contribution in [0, 0.1) is 0 Å². The van der Waals surface area contributed by atoms with Gasteiger partial charge in [-0.1, -0.05) is 29.3 Å². The third-order valence-corrected chi connectivity index (χ3v) is 6.71. The van der Waals surface area contributed by atoms with Crippen LogP contribution in [-0.2, 0) is 25.5 Å². The molecular formula is C22H29Cl2N3O6. The molecule has 0 aliphatic carbocycles. The molecule has 0 aromatic heterocycles. The summed E-state index contributed by atoms with van der Waals surface area (Å²) < 4.78 is 10.2. The standard InChI is InChI=1S/C22H29Cl2N3O6/c1-32-22(31)27-11-16(10-25-6-2-3-7-25)26(12-17(27)13-33-14-21(29)30)20(28)9-15-4-5-18(23)19(24)8-15/h4-5,8,16-17H,2-3,6-7,9-14H2,1H3,(H,29,30)/t16-,17-/m1/s1. The van der Waals surface area contributed by atoms with Crippen LogP contribution in [0.5, 0.6) is 0 Å². The number of carbonyl (C=O) groups is 3. The third-order valence-electron chi connectivity index (χ3n) is 5.97. The smallest absolute Gasteiger partial charge is 0.409 e. The molecule has 1 aromatic rings. The minimum atomic E-state index is -1.10. The van der Waals surface area contributed by atoms with Gasteiger partial charge in [-0.05, 0) is 43.6 Å². The highest BCUT2D eigenvalue weighted by Crippen LogP contribution is 2.25. The zero-order chi connectivity index (χ0) is 24.0. The van der Waals surface area contributed by atoms with Crippen LogP contribution in [0.2, 0.25) is 10.0 Å². The predicted molar refractivity (Wildman–Crippen MR) is 123 cm³/mol. The van der Waals surface area contributed by atoms with Gasteiger partial charge in [0.05, 0.1) is 42.3 Å². The zero-order valence-corrected chi connectivity index (χ0v) is 20.1. The normalized spacial score (nSPS) is 21.3. The van der Waals surface area contributed by atoms with Crippen LogP contribution in [0.4, 0.5) is 4.79 Å². The molecule has 11 heteroatoms. The Labute approximate surface area is 203 Å². The molecule has 0 bridgehead atoms. The fourth-order valence-corrected chi connectivity index (χ4v) is 4.69. The van der Waals surface area contributed by atoms with Gasteiger partial charge in [-0.2, -0.15) is 0 Å². The van der Waals surface area contributed by atoms with Crippen molar-refractivity contribution in [2.75, 3.05) is 53.0 Å². The quantitative estimate of drug-likeness (QED) is 0.583. The number of carboxylic acids is 1. The van der Waals surface area contributed by atoms with Crippen molar-refractivity contribution >= 4 is 41.2 Å². The van der Waals surface area contributed by atoms with E-state index in [2.05, 4.69) is 4.90 Å². The lowest BCUT2D eigenvalue weighted by Crippen LogP contribution is -2.64. The number of ether oxygens (including phenoxy) is 2. The molecule has 1 aromatic carbocycles. The Kier molecular flexibility index (Phi) is 9.19. The van der Waals surface area contributed by atoms with Crippen molar-refractivity contribution in [3.05, 3.63) is 33.8 Å². The molecule has 0 spiro atoms. The van der Waals surface area contributed by atoms with Gasteiger partial charge in [0, 0.05) is 19.6 Å². The molecule has 0 saturated carbocycles. The molecule has 3 rings (SSSR count). The Morgan fingerprint density at radius 2 is 1.76 bits per heavy atom. The predicted octanol–water partition coefficient (Wildman–Crippen LogP) is 2.38. The van der Waals surface area contributed by atoms with Crippen LogP contribution in [0.25, 0.3) is 0 Å². The zero-order valence-electron chi connectivity index (χ0n) is 18.5. The first kappa shape index (κ1) is 25.6. The second-order valence-corrected chi connectivity index (χ2v) is 9.13. The van der Waals surface area contributed by atoms with Gasteiger partial charge in [0.25, 0.3) is 0 Å². The number of aliphatic carboxylic acids is 1. The first-order valence-electron chi connectivity index (χ1n) is 10.9. The number of carbonyl (C=O) groups excluding carboxylic acids is 2. The second-order valence-electron chi connectivity index (χ2n) is 8.32. The van der Waals surface area contributed by atoms with Crippen LogP contribution < -0.4 is 0 Å². The number of likely N-dealkylation sites (tertiary alicyclic amines) is 1. The summed E-state index contributed by atoms with van der Waals surface area (Å²) in [5.74, 6) is -1.21. The van der Waals surface area contributed by atoms with Gasteiger partial charge in [-0.3, -0.25) is 9.69 Å². The molecule has 2 heterocycles. The number of benzene rings is 1. The molecule has 2 aliphatic rings. The third kappa shape index (κ3) is 6.96. The molecule has 9 nitrogen and oxygen atoms in total. The van der Waals surface area contributed by atoms with E-state index in [0.717, 1.165) is 31.5 Å². The molecule has 2 aliphatic heterocycles. The van der Waals surface area contributed by atoms with Crippen molar-refractivity contribution in [2.45, 2.75) is 31.3 Å². The van der Waals surface area contributed by atoms with E-state index < -0.39 is 24.7 Å². The van der Waals surface area contributed by atoms with Crippen molar-refractivity contribution < 1.29 is 29.0 Å². The van der Waals surface area contributed by atoms with Crippen molar-refractivity contribution in [1.82, 2.24) is 14.7 Å². The molecule has 0 radical (unpaired) electrons. The molecule has 1 N–H and O–H groups in total. The maximum atomic E-state index is 13.4. The summed E-state index contributed by atoms with van der Waals surface area (Å²) in [7, 11) is 1.30. The van der Waals surface area contributed by atoms with Crippen LogP contribution in [0.1, 0.15) is 18.4 Å². The van der Waals surface area contributed by atoms with Gasteiger partial charge >= 0.3 is 12.1 Å². The maximum Gasteiger partial charge on any atom is 0.409 e. The number of piperazine rings is 1. The summed E-state index contributed by atoms with van der Waals surface area (Å²) in [6, 6.07) is 4.35. The first-order valence-corrected chi connectivity index (χ1v) is 11.6. The molecule has 182 valence electrons. The summed E-state index contributed by atoms with van der Waals surface area (Å²) in [6.07, 6.45) is 1.82. The van der Waals surface area contributed by atoms with Crippen molar-refractivity contribution in [1.29, 1.82) is 0 Å². The fraction of sp³-hybridized carbons (Fsp3) is 0.591. The van der Waals surface area contributed by atoms with Crippen LogP contribution >= 0.6 is 23.2 Å². The maximum absolute atomic E-state index is 13.4. The first-order chi connectivity index (χ1) is 15.8. The van der Waals surface area contributed by atoms with E-state index in [1.165, 1.54) is 12.0 Å². The summed E-state index contributed by atoms with van der Waals surface area (Å²) in [5, 5.41) is 9.69. The number of halogens is 2. The number of hydrogen-bond acceptors (Lipinski definition) is 6. The minimum absolute atomic E-state index is 0.0195. The van der Waals surface area contributed by atoms with Gasteiger partial charge in [-0.15, -0.1) is 0 Å². The van der Waals surface area contributed by atoms with Crippen LogP contribution in [0.3, 0.4) is 0 Å². The van der Waals surface area contributed by atoms with Gasteiger partial charge in [0.1, 0.15) is 6.61 Å². The Bertz CT molecular complexity index is 865. The Morgan fingerprint density at radius 3 is 2.39 bits per heavy atom. The molecule has 0 unspecified atom stereocenters. The lowest BCUT2D eigenvalue weighted by molar-refractivity contribution is -0.145. The minimum Gasteiger partial charge on any atom is -0.480 e. The van der Waals surface area contributed by atoms with Gasteiger partial charge in [0.2, 0.25) is 5.91 Å². The average molecular weight is 502 g/mol. The highest BCUT2D eigenvalue weighted by Gasteiger charge is 2.40. The lowest BCUT2D eigenvalue weighted by atomic mass is 10.0. The summed E-state index contributed by atoms with van der Waals surface area (Å²) >= 11 is 12.1. The largest absolute Gasteiger partial charge is 0.480 e. The fourth-order valence-electron chi connectivity index (χ4n) is 4.37. The Morgan fingerprint density at radius 1 is 1.06 bits per heavy atom. The summed E-state index contributed by atoms with van der Waals surface area (Å²) in [4.78, 5) is 42.3. The molecule has 33 heavy (non-hydrogen) atoms. The van der Waals surface area contributed by atoms with E-state index >= 15 is 0 Å². The molecule has 2 amide bonds. The van der Waals surface area contributed by atoms with Crippen LogP contribution in [0.15, 0.2) is 18.2 Å². The molecule has 2 atom stereocenters. The Hall–Kier alpha value is -2.07. The number of hydrogen-bond donors (Lipinski definition) is 1. The lowest BCUT2D eigenvalue weighted by Gasteiger charge is -2.46. The van der Waals surface area contributed by atoms with Crippen LogP contribution in [-0.4, -0.2) is 103 Å². The number of rotatable bonds is 8. The number of nitrogens with zero attached hydrogens (tertiary/aromatic N) is 3. The highest BCUT2D eigenvalue weighted by molar-refractivity contribution is 6.42. The van der Waals surface area contributed by atoms with E-state index in [0.29, 0.717) is 16.6 Å². The summed E-state index contributed by atoms with van der Waals surface area (Å²) in [5.41, 5.74) is 0.739. The van der Waals surface area contributed by atoms with Gasteiger partial charge in [0.15, 0.2) is 0 Å². The summed E-state index contributed by atoms with van der Waals surface area (Å²) in [6.45, 7) is 2.53. The SMILES string of the molecule is COC(=O)N1C[C@@H](CN2CCCC2)N(C(=O)Cc2ccc(Cl)c(Cl)c2)C[C@@H]1COCC(=O)O. The topological polar surface area (TPSA) is 99.6 Å². The number of methoxy groups -OCH3 is 1. The monoisotopic (exact) mass is 501 g/mol. The molecular weight excluding hydrogens is 473 g/mol. The van der Waals surface area contributed by atoms with E-state index in [4.69, 9.17) is 37.8 Å². The van der Waals surface area contributed by atoms with E-state index in [9.17, 15) is 14.4 Å². The van der Waals surface area contributed by atoms with E-state index in [1.807, 2.05) is 0 Å². The van der Waals surface area contributed by atoms with Gasteiger partial charge < -0.3 is 24.4 Å². The molecule has 2 fully saturated rings. The average Bonchev–Trinajstić information content (AvgIpc) is 3.29. The second kappa shape index (κ2) is 11.9. The van der Waals surface area contributed by atoms with E-state index in [1.54, 1.807) is 23.1 Å². The van der Waals surface area contributed by atoms with Crippen molar-refractivity contribution in [3.8, 4) is 0 Å². The van der Waals surface area contributed by atoms with E-state index in [-0.39, 0.29) is 38.1 Å². The number of amides is 2. The number of carboxylic acid groups (broad SMARTS) is 1. The van der Waals surface area contributed by atoms with Crippen molar-refractivity contribution in [3.63, 3.8) is 0 Å². The highest BCUT2D eigenvalue weighted by atomic mass is 35.5. The van der Waals surface area contributed by atoms with Gasteiger partial charge in [-0.25, -0.2) is 9.59 Å². The Balaban J connectivity index is 1.79. The molecule has 2 saturated heterocycles.